The van der Waals surface area contributed by atoms with Crippen LogP contribution in [0.15, 0.2) is 0 Å². The fourth-order valence-electron chi connectivity index (χ4n) is 2.91. The molecule has 3 atom stereocenters. The monoisotopic (exact) mass is 284 g/mol. The van der Waals surface area contributed by atoms with Crippen LogP contribution >= 0.6 is 0 Å². The first-order valence-corrected chi connectivity index (χ1v) is 7.63. The maximum Gasteiger partial charge on any atom is 0.303 e. The van der Waals surface area contributed by atoms with E-state index in [9.17, 15) is 9.59 Å². The van der Waals surface area contributed by atoms with Crippen molar-refractivity contribution in [3.8, 4) is 0 Å². The molecule has 0 bridgehead atoms. The first kappa shape index (κ1) is 17.0. The van der Waals surface area contributed by atoms with Crippen LogP contribution in [0, 0.1) is 17.8 Å². The third-order valence-corrected chi connectivity index (χ3v) is 3.88. The quantitative estimate of drug-likeness (QED) is 0.664. The second-order valence-corrected chi connectivity index (χ2v) is 6.39. The van der Waals surface area contributed by atoms with E-state index in [4.69, 9.17) is 5.11 Å². The van der Waals surface area contributed by atoms with Crippen molar-refractivity contribution in [2.75, 3.05) is 13.1 Å². The third-order valence-electron chi connectivity index (χ3n) is 3.88. The maximum atomic E-state index is 12.2. The number of carbonyl (C=O) groups is 2. The molecule has 1 rings (SSSR count). The largest absolute Gasteiger partial charge is 0.481 e. The normalized spacial score (nSPS) is 24.4. The Morgan fingerprint density at radius 2 is 2.10 bits per heavy atom. The van der Waals surface area contributed by atoms with Crippen molar-refractivity contribution in [1.82, 2.24) is 10.6 Å². The molecule has 1 fully saturated rings. The number of carbonyl (C=O) groups excluding carboxylic acids is 1. The van der Waals surface area contributed by atoms with E-state index in [0.29, 0.717) is 18.4 Å². The van der Waals surface area contributed by atoms with Crippen LogP contribution in [-0.2, 0) is 9.59 Å². The average Bonchev–Trinajstić information content (AvgIpc) is 2.34. The minimum atomic E-state index is -0.797. The second-order valence-electron chi connectivity index (χ2n) is 6.39. The molecule has 1 saturated heterocycles. The van der Waals surface area contributed by atoms with Crippen LogP contribution in [0.5, 0.6) is 0 Å². The number of nitrogens with one attached hydrogen (secondary N) is 2. The van der Waals surface area contributed by atoms with Crippen molar-refractivity contribution < 1.29 is 14.7 Å². The lowest BCUT2D eigenvalue weighted by molar-refractivity contribution is -0.138. The Hall–Kier alpha value is -1.10. The lowest BCUT2D eigenvalue weighted by atomic mass is 9.91. The summed E-state index contributed by atoms with van der Waals surface area (Å²) in [5.74, 6) is -0.00416. The van der Waals surface area contributed by atoms with Crippen LogP contribution in [0.25, 0.3) is 0 Å². The Morgan fingerprint density at radius 3 is 2.65 bits per heavy atom. The number of hydrogen-bond acceptors (Lipinski definition) is 3. The molecule has 5 nitrogen and oxygen atoms in total. The number of aliphatic carboxylic acids is 1. The fourth-order valence-corrected chi connectivity index (χ4v) is 2.91. The highest BCUT2D eigenvalue weighted by atomic mass is 16.4. The molecule has 116 valence electrons. The summed E-state index contributed by atoms with van der Waals surface area (Å²) in [6.45, 7) is 7.56. The Balaban J connectivity index is 2.44. The molecule has 5 heteroatoms. The molecule has 0 aromatic heterocycles. The molecule has 3 N–H and O–H groups in total. The molecule has 3 unspecified atom stereocenters. The summed E-state index contributed by atoms with van der Waals surface area (Å²) in [6, 6.07) is -0.131. The van der Waals surface area contributed by atoms with Crippen molar-refractivity contribution >= 4 is 11.9 Å². The smallest absolute Gasteiger partial charge is 0.303 e. The van der Waals surface area contributed by atoms with Gasteiger partial charge in [0.1, 0.15) is 0 Å². The molecule has 20 heavy (non-hydrogen) atoms. The van der Waals surface area contributed by atoms with Gasteiger partial charge < -0.3 is 15.7 Å². The molecule has 0 aliphatic carbocycles. The first-order chi connectivity index (χ1) is 9.40. The lowest BCUT2D eigenvalue weighted by Gasteiger charge is -2.29. The number of carboxylic acids is 1. The predicted octanol–water partition coefficient (Wildman–Crippen LogP) is 1.63. The van der Waals surface area contributed by atoms with Gasteiger partial charge in [0, 0.05) is 13.0 Å². The number of rotatable bonds is 7. The van der Waals surface area contributed by atoms with E-state index in [0.717, 1.165) is 25.8 Å². The van der Waals surface area contributed by atoms with E-state index in [-0.39, 0.29) is 24.3 Å². The average molecular weight is 284 g/mol. The standard InChI is InChI=1S/C15H28N2O3/c1-10(2)7-12(8-13(18)19)9-17-15(20)14-11(3)5-4-6-16-14/h10-12,14,16H,4-9H2,1-3H3,(H,17,20)(H,18,19). The summed E-state index contributed by atoms with van der Waals surface area (Å²) in [4.78, 5) is 23.0. The molecule has 1 amide bonds. The molecule has 1 aliphatic rings. The summed E-state index contributed by atoms with van der Waals surface area (Å²) < 4.78 is 0. The minimum Gasteiger partial charge on any atom is -0.481 e. The van der Waals surface area contributed by atoms with Crippen molar-refractivity contribution in [2.24, 2.45) is 17.8 Å². The highest BCUT2D eigenvalue weighted by Gasteiger charge is 2.27. The van der Waals surface area contributed by atoms with Gasteiger partial charge in [-0.2, -0.15) is 0 Å². The molecule has 1 heterocycles. The zero-order valence-electron chi connectivity index (χ0n) is 12.8. The zero-order valence-corrected chi connectivity index (χ0v) is 12.8. The van der Waals surface area contributed by atoms with E-state index in [1.165, 1.54) is 0 Å². The van der Waals surface area contributed by atoms with Gasteiger partial charge in [-0.25, -0.2) is 0 Å². The van der Waals surface area contributed by atoms with Crippen molar-refractivity contribution in [2.45, 2.75) is 52.5 Å². The fraction of sp³-hybridized carbons (Fsp3) is 0.867. The highest BCUT2D eigenvalue weighted by Crippen LogP contribution is 2.17. The summed E-state index contributed by atoms with van der Waals surface area (Å²) in [7, 11) is 0. The van der Waals surface area contributed by atoms with Gasteiger partial charge in [0.15, 0.2) is 0 Å². The Morgan fingerprint density at radius 1 is 1.40 bits per heavy atom. The van der Waals surface area contributed by atoms with Crippen LogP contribution in [-0.4, -0.2) is 36.1 Å². The third kappa shape index (κ3) is 5.90. The SMILES string of the molecule is CC(C)CC(CNC(=O)C1NCCCC1C)CC(=O)O. The zero-order chi connectivity index (χ0) is 15.1. The van der Waals surface area contributed by atoms with Gasteiger partial charge in [-0.3, -0.25) is 9.59 Å². The molecular formula is C15H28N2O3. The van der Waals surface area contributed by atoms with Crippen molar-refractivity contribution in [3.63, 3.8) is 0 Å². The molecule has 0 aromatic carbocycles. The summed E-state index contributed by atoms with van der Waals surface area (Å²) in [6.07, 6.45) is 3.11. The number of hydrogen-bond donors (Lipinski definition) is 3. The molecule has 0 radical (unpaired) electrons. The van der Waals surface area contributed by atoms with E-state index < -0.39 is 5.97 Å². The molecule has 1 aliphatic heterocycles. The molecule has 0 spiro atoms. The van der Waals surface area contributed by atoms with E-state index in [1.54, 1.807) is 0 Å². The highest BCUT2D eigenvalue weighted by molar-refractivity contribution is 5.82. The molecule has 0 aromatic rings. The molecule has 0 saturated carbocycles. The van der Waals surface area contributed by atoms with Crippen molar-refractivity contribution in [1.29, 1.82) is 0 Å². The van der Waals surface area contributed by atoms with Gasteiger partial charge in [-0.05, 0) is 43.6 Å². The van der Waals surface area contributed by atoms with Crippen LogP contribution in [0.1, 0.15) is 46.5 Å². The second kappa shape index (κ2) is 8.25. The summed E-state index contributed by atoms with van der Waals surface area (Å²) in [5.41, 5.74) is 0. The molecular weight excluding hydrogens is 256 g/mol. The van der Waals surface area contributed by atoms with Crippen molar-refractivity contribution in [3.05, 3.63) is 0 Å². The van der Waals surface area contributed by atoms with Crippen LogP contribution in [0.3, 0.4) is 0 Å². The van der Waals surface area contributed by atoms with Crippen LogP contribution < -0.4 is 10.6 Å². The lowest BCUT2D eigenvalue weighted by Crippen LogP contribution is -2.51. The van der Waals surface area contributed by atoms with Crippen LogP contribution in [0.4, 0.5) is 0 Å². The number of amides is 1. The van der Waals surface area contributed by atoms with E-state index in [1.807, 2.05) is 0 Å². The number of piperidine rings is 1. The topological polar surface area (TPSA) is 78.4 Å². The minimum absolute atomic E-state index is 0.00958. The first-order valence-electron chi connectivity index (χ1n) is 7.63. The van der Waals surface area contributed by atoms with Gasteiger partial charge in [0.05, 0.1) is 6.04 Å². The van der Waals surface area contributed by atoms with E-state index in [2.05, 4.69) is 31.4 Å². The van der Waals surface area contributed by atoms with Gasteiger partial charge in [0.2, 0.25) is 5.91 Å². The summed E-state index contributed by atoms with van der Waals surface area (Å²) in [5, 5.41) is 15.1. The van der Waals surface area contributed by atoms with Gasteiger partial charge in [0.25, 0.3) is 0 Å². The Labute approximate surface area is 121 Å². The summed E-state index contributed by atoms with van der Waals surface area (Å²) >= 11 is 0. The van der Waals surface area contributed by atoms with Crippen LogP contribution in [0.2, 0.25) is 0 Å². The Bertz CT molecular complexity index is 331. The Kier molecular flexibility index (Phi) is 6.99. The number of carboxylic acid groups (broad SMARTS) is 1. The predicted molar refractivity (Wildman–Crippen MR) is 78.4 cm³/mol. The van der Waals surface area contributed by atoms with E-state index >= 15 is 0 Å². The van der Waals surface area contributed by atoms with Gasteiger partial charge in [-0.1, -0.05) is 20.8 Å². The van der Waals surface area contributed by atoms with Gasteiger partial charge >= 0.3 is 5.97 Å². The maximum absolute atomic E-state index is 12.2. The van der Waals surface area contributed by atoms with Gasteiger partial charge in [-0.15, -0.1) is 0 Å².